The molecule has 0 unspecified atom stereocenters. The quantitative estimate of drug-likeness (QED) is 0.214. The summed E-state index contributed by atoms with van der Waals surface area (Å²) >= 11 is 0. The fraction of sp³-hybridized carbons (Fsp3) is 0.280. The van der Waals surface area contributed by atoms with Crippen molar-refractivity contribution in [2.45, 2.75) is 32.4 Å². The molecular weight excluding hydrogens is 416 g/mol. The summed E-state index contributed by atoms with van der Waals surface area (Å²) in [6.45, 7) is 8.16. The van der Waals surface area contributed by atoms with Crippen LogP contribution >= 0.6 is 0 Å². The summed E-state index contributed by atoms with van der Waals surface area (Å²) in [7, 11) is 0.521. The Hall–Kier alpha value is -3.16. The lowest BCUT2D eigenvalue weighted by Gasteiger charge is -2.15. The van der Waals surface area contributed by atoms with E-state index in [4.69, 9.17) is 25.3 Å². The highest BCUT2D eigenvalue weighted by Gasteiger charge is 2.16. The summed E-state index contributed by atoms with van der Waals surface area (Å²) in [5.41, 5.74) is 11.4. The summed E-state index contributed by atoms with van der Waals surface area (Å²) in [6.07, 6.45) is 1.88. The van der Waals surface area contributed by atoms with Gasteiger partial charge in [0.2, 0.25) is 0 Å². The van der Waals surface area contributed by atoms with Gasteiger partial charge in [-0.3, -0.25) is 0 Å². The maximum absolute atomic E-state index is 5.98. The molecule has 32 heavy (non-hydrogen) atoms. The highest BCUT2D eigenvalue weighted by Crippen LogP contribution is 2.31. The highest BCUT2D eigenvalue weighted by atomic mass is 28.3. The third kappa shape index (κ3) is 5.00. The van der Waals surface area contributed by atoms with Gasteiger partial charge in [0.05, 0.1) is 7.11 Å². The van der Waals surface area contributed by atoms with E-state index >= 15 is 0 Å². The molecule has 4 aromatic rings. The maximum Gasteiger partial charge on any atom is 0.160 e. The third-order valence-electron chi connectivity index (χ3n) is 5.40. The number of anilines is 1. The summed E-state index contributed by atoms with van der Waals surface area (Å²) in [6, 6.07) is 19.0. The van der Waals surface area contributed by atoms with E-state index in [-0.39, 0.29) is 0 Å². The van der Waals surface area contributed by atoms with Crippen LogP contribution in [0.3, 0.4) is 0 Å². The predicted molar refractivity (Wildman–Crippen MR) is 133 cm³/mol. The van der Waals surface area contributed by atoms with Gasteiger partial charge in [-0.2, -0.15) is 5.10 Å². The number of nitrogen functional groups attached to an aromatic ring is 1. The van der Waals surface area contributed by atoms with Gasteiger partial charge in [0.25, 0.3) is 0 Å². The molecule has 7 heteroatoms. The van der Waals surface area contributed by atoms with E-state index in [1.165, 1.54) is 0 Å². The first-order chi connectivity index (χ1) is 15.3. The molecule has 2 aromatic carbocycles. The van der Waals surface area contributed by atoms with Crippen molar-refractivity contribution in [3.63, 3.8) is 0 Å². The van der Waals surface area contributed by atoms with Gasteiger partial charge in [-0.25, -0.2) is 9.67 Å². The summed E-state index contributed by atoms with van der Waals surface area (Å²) in [4.78, 5) is 4.76. The van der Waals surface area contributed by atoms with Gasteiger partial charge in [-0.05, 0) is 54.1 Å². The number of ether oxygens (including phenoxy) is 2. The summed E-state index contributed by atoms with van der Waals surface area (Å²) in [5.74, 6) is 0.813. The molecule has 2 heterocycles. The molecule has 2 N–H and O–H groups in total. The first kappa shape index (κ1) is 22.0. The SMILES string of the molecule is COc1ccc(-c2nn(COCC[Si](C)(C)C)c3ncc(-c4ccc(N)cc4)cc23)cc1. The number of hydrogen-bond acceptors (Lipinski definition) is 5. The minimum Gasteiger partial charge on any atom is -0.497 e. The molecule has 0 fully saturated rings. The number of hydrogen-bond donors (Lipinski definition) is 1. The van der Waals surface area contributed by atoms with Crippen molar-refractivity contribution in [2.24, 2.45) is 0 Å². The standard InChI is InChI=1S/C25H30N4O2Si/c1-30-22-11-7-19(8-12-22)24-23-15-20(18-5-9-21(26)10-6-18)16-27-25(23)29(28-24)17-31-13-14-32(2,3)4/h5-12,15-16H,13-14,17,26H2,1-4H3. The van der Waals surface area contributed by atoms with E-state index in [1.54, 1.807) is 7.11 Å². The Labute approximate surface area is 190 Å². The van der Waals surface area contributed by atoms with Crippen LogP contribution < -0.4 is 10.5 Å². The Kier molecular flexibility index (Phi) is 6.30. The van der Waals surface area contributed by atoms with Crippen LogP contribution in [0.2, 0.25) is 25.7 Å². The average molecular weight is 447 g/mol. The van der Waals surface area contributed by atoms with Crippen LogP contribution in [0.5, 0.6) is 5.75 Å². The van der Waals surface area contributed by atoms with Gasteiger partial charge >= 0.3 is 0 Å². The molecule has 4 rings (SSSR count). The molecule has 0 spiro atoms. The molecule has 0 atom stereocenters. The Bertz CT molecular complexity index is 1200. The van der Waals surface area contributed by atoms with E-state index in [2.05, 4.69) is 25.7 Å². The predicted octanol–water partition coefficient (Wildman–Crippen LogP) is 5.67. The van der Waals surface area contributed by atoms with Crippen molar-refractivity contribution < 1.29 is 9.47 Å². The number of fused-ring (bicyclic) bond motifs is 1. The van der Waals surface area contributed by atoms with Gasteiger partial charge in [-0.1, -0.05) is 31.8 Å². The zero-order valence-corrected chi connectivity index (χ0v) is 20.1. The van der Waals surface area contributed by atoms with Crippen molar-refractivity contribution in [1.29, 1.82) is 0 Å². The molecule has 0 saturated heterocycles. The van der Waals surface area contributed by atoms with Crippen molar-refractivity contribution in [2.75, 3.05) is 19.5 Å². The number of pyridine rings is 1. The third-order valence-corrected chi connectivity index (χ3v) is 7.11. The topological polar surface area (TPSA) is 75.2 Å². The van der Waals surface area contributed by atoms with Crippen molar-refractivity contribution in [3.8, 4) is 28.1 Å². The van der Waals surface area contributed by atoms with E-state index in [1.807, 2.05) is 59.4 Å². The lowest BCUT2D eigenvalue weighted by Crippen LogP contribution is -2.22. The molecule has 0 amide bonds. The normalized spacial score (nSPS) is 11.8. The van der Waals surface area contributed by atoms with Crippen LogP contribution in [-0.4, -0.2) is 36.6 Å². The van der Waals surface area contributed by atoms with E-state index in [9.17, 15) is 0 Å². The van der Waals surface area contributed by atoms with Crippen LogP contribution in [0.4, 0.5) is 5.69 Å². The number of nitrogens with two attached hydrogens (primary N) is 1. The zero-order valence-electron chi connectivity index (χ0n) is 19.1. The number of methoxy groups -OCH3 is 1. The lowest BCUT2D eigenvalue weighted by molar-refractivity contribution is 0.0814. The molecule has 0 radical (unpaired) electrons. The van der Waals surface area contributed by atoms with Gasteiger partial charge in [0.1, 0.15) is 18.2 Å². The Morgan fingerprint density at radius 3 is 2.28 bits per heavy atom. The van der Waals surface area contributed by atoms with Crippen LogP contribution in [0, 0.1) is 0 Å². The van der Waals surface area contributed by atoms with Gasteiger partial charge < -0.3 is 15.2 Å². The second-order valence-corrected chi connectivity index (χ2v) is 14.8. The van der Waals surface area contributed by atoms with Crippen molar-refractivity contribution in [1.82, 2.24) is 14.8 Å². The molecule has 166 valence electrons. The van der Waals surface area contributed by atoms with Crippen LogP contribution in [0.1, 0.15) is 0 Å². The smallest absolute Gasteiger partial charge is 0.160 e. The largest absolute Gasteiger partial charge is 0.497 e. The second-order valence-electron chi connectivity index (χ2n) is 9.14. The molecular formula is C25H30N4O2Si. The molecule has 0 saturated carbocycles. The first-order valence-electron chi connectivity index (χ1n) is 10.8. The number of aromatic nitrogens is 3. The fourth-order valence-electron chi connectivity index (χ4n) is 3.47. The molecule has 0 aliphatic carbocycles. The van der Waals surface area contributed by atoms with Crippen LogP contribution in [0.15, 0.2) is 60.8 Å². The summed E-state index contributed by atoms with van der Waals surface area (Å²) in [5, 5.41) is 5.86. The van der Waals surface area contributed by atoms with E-state index in [0.29, 0.717) is 6.73 Å². The molecule has 6 nitrogen and oxygen atoms in total. The second kappa shape index (κ2) is 9.14. The van der Waals surface area contributed by atoms with Gasteiger partial charge in [-0.15, -0.1) is 0 Å². The van der Waals surface area contributed by atoms with Crippen LogP contribution in [0.25, 0.3) is 33.4 Å². The zero-order chi connectivity index (χ0) is 22.7. The minimum absolute atomic E-state index is 0.380. The van der Waals surface area contributed by atoms with Gasteiger partial charge in [0, 0.05) is 43.1 Å². The Morgan fingerprint density at radius 1 is 0.938 bits per heavy atom. The van der Waals surface area contributed by atoms with Gasteiger partial charge in [0.15, 0.2) is 5.65 Å². The van der Waals surface area contributed by atoms with Crippen LogP contribution in [-0.2, 0) is 11.5 Å². The fourth-order valence-corrected chi connectivity index (χ4v) is 4.23. The molecule has 0 aliphatic rings. The number of benzene rings is 2. The maximum atomic E-state index is 5.98. The minimum atomic E-state index is -1.15. The van der Waals surface area contributed by atoms with Crippen molar-refractivity contribution in [3.05, 3.63) is 60.8 Å². The number of nitrogens with zero attached hydrogens (tertiary/aromatic N) is 3. The average Bonchev–Trinajstić information content (AvgIpc) is 3.14. The highest BCUT2D eigenvalue weighted by molar-refractivity contribution is 6.76. The lowest BCUT2D eigenvalue weighted by atomic mass is 10.0. The molecule has 0 bridgehead atoms. The monoisotopic (exact) mass is 446 g/mol. The summed E-state index contributed by atoms with van der Waals surface area (Å²) < 4.78 is 13.1. The molecule has 2 aromatic heterocycles. The van der Waals surface area contributed by atoms with E-state index in [0.717, 1.165) is 57.5 Å². The number of rotatable bonds is 8. The van der Waals surface area contributed by atoms with Crippen molar-refractivity contribution >= 4 is 24.8 Å². The molecule has 0 aliphatic heterocycles. The first-order valence-corrected chi connectivity index (χ1v) is 14.5. The Balaban J connectivity index is 1.72. The van der Waals surface area contributed by atoms with E-state index < -0.39 is 8.07 Å². The Morgan fingerprint density at radius 2 is 1.62 bits per heavy atom.